The highest BCUT2D eigenvalue weighted by molar-refractivity contribution is 7.15. The van der Waals surface area contributed by atoms with E-state index in [9.17, 15) is 4.79 Å². The highest BCUT2D eigenvalue weighted by Gasteiger charge is 2.19. The zero-order valence-corrected chi connectivity index (χ0v) is 12.6. The molecule has 104 valence electrons. The summed E-state index contributed by atoms with van der Waals surface area (Å²) < 4.78 is 0. The molecule has 0 unspecified atom stereocenters. The Morgan fingerprint density at radius 2 is 2.35 bits per heavy atom. The van der Waals surface area contributed by atoms with Crippen LogP contribution >= 0.6 is 22.9 Å². The highest BCUT2D eigenvalue weighted by Crippen LogP contribution is 2.28. The highest BCUT2D eigenvalue weighted by atomic mass is 35.5. The quantitative estimate of drug-likeness (QED) is 0.927. The molecule has 0 spiro atoms. The molecule has 0 aliphatic carbocycles. The summed E-state index contributed by atoms with van der Waals surface area (Å²) in [5, 5.41) is 4.06. The Hall–Kier alpha value is -1.43. The number of fused-ring (bicyclic) bond motifs is 1. The van der Waals surface area contributed by atoms with Crippen LogP contribution < -0.4 is 5.32 Å². The van der Waals surface area contributed by atoms with E-state index in [0.29, 0.717) is 15.7 Å². The van der Waals surface area contributed by atoms with Crippen molar-refractivity contribution in [3.8, 4) is 0 Å². The molecule has 6 heteroatoms. The van der Waals surface area contributed by atoms with E-state index in [2.05, 4.69) is 22.2 Å². The summed E-state index contributed by atoms with van der Waals surface area (Å²) in [5.74, 6) is -0.174. The van der Waals surface area contributed by atoms with Crippen LogP contribution in [0.1, 0.15) is 20.9 Å². The summed E-state index contributed by atoms with van der Waals surface area (Å²) >= 11 is 7.44. The second-order valence-corrected chi connectivity index (χ2v) is 6.36. The van der Waals surface area contributed by atoms with Crippen molar-refractivity contribution in [2.24, 2.45) is 0 Å². The number of rotatable bonds is 2. The zero-order chi connectivity index (χ0) is 14.1. The molecule has 1 aliphatic heterocycles. The molecule has 3 rings (SSSR count). The third-order valence-corrected chi connectivity index (χ3v) is 4.46. The van der Waals surface area contributed by atoms with E-state index < -0.39 is 0 Å². The summed E-state index contributed by atoms with van der Waals surface area (Å²) in [6.45, 7) is 1.92. The molecule has 1 amide bonds. The van der Waals surface area contributed by atoms with E-state index in [-0.39, 0.29) is 5.91 Å². The van der Waals surface area contributed by atoms with Crippen LogP contribution in [-0.2, 0) is 13.0 Å². The Morgan fingerprint density at radius 1 is 1.50 bits per heavy atom. The maximum atomic E-state index is 12.1. The molecular formula is C14H14ClN3OS. The summed E-state index contributed by atoms with van der Waals surface area (Å²) in [7, 11) is 2.09. The van der Waals surface area contributed by atoms with Gasteiger partial charge in [0.1, 0.15) is 0 Å². The van der Waals surface area contributed by atoms with E-state index in [1.165, 1.54) is 4.88 Å². The summed E-state index contributed by atoms with van der Waals surface area (Å²) in [5.41, 5.74) is 1.65. The van der Waals surface area contributed by atoms with Crippen LogP contribution in [0.5, 0.6) is 0 Å². The van der Waals surface area contributed by atoms with Gasteiger partial charge < -0.3 is 4.90 Å². The Morgan fingerprint density at radius 3 is 3.15 bits per heavy atom. The summed E-state index contributed by atoms with van der Waals surface area (Å²) in [6, 6.07) is 6.90. The molecule has 0 radical (unpaired) electrons. The minimum Gasteiger partial charge on any atom is -0.301 e. The van der Waals surface area contributed by atoms with Gasteiger partial charge in [-0.05, 0) is 25.2 Å². The minimum atomic E-state index is -0.174. The van der Waals surface area contributed by atoms with Crippen LogP contribution in [0, 0.1) is 0 Å². The normalized spacial score (nSPS) is 14.9. The first-order valence-electron chi connectivity index (χ1n) is 6.36. The van der Waals surface area contributed by atoms with Crippen LogP contribution in [0.4, 0.5) is 5.13 Å². The van der Waals surface area contributed by atoms with Gasteiger partial charge in [-0.3, -0.25) is 10.1 Å². The molecule has 0 bridgehead atoms. The van der Waals surface area contributed by atoms with Gasteiger partial charge >= 0.3 is 0 Å². The summed E-state index contributed by atoms with van der Waals surface area (Å²) in [6.07, 6.45) is 0.940. The third kappa shape index (κ3) is 2.85. The third-order valence-electron chi connectivity index (χ3n) is 3.23. The van der Waals surface area contributed by atoms with Crippen LogP contribution in [0.3, 0.4) is 0 Å². The van der Waals surface area contributed by atoms with Gasteiger partial charge in [0, 0.05) is 35.0 Å². The van der Waals surface area contributed by atoms with Crippen molar-refractivity contribution in [2.75, 3.05) is 18.9 Å². The van der Waals surface area contributed by atoms with E-state index in [4.69, 9.17) is 11.6 Å². The van der Waals surface area contributed by atoms with E-state index in [0.717, 1.165) is 25.2 Å². The molecule has 2 aromatic rings. The molecule has 1 aliphatic rings. The number of benzene rings is 1. The van der Waals surface area contributed by atoms with Crippen LogP contribution in [0.25, 0.3) is 0 Å². The molecule has 0 atom stereocenters. The van der Waals surface area contributed by atoms with Crippen molar-refractivity contribution < 1.29 is 4.79 Å². The molecule has 1 N–H and O–H groups in total. The number of hydrogen-bond acceptors (Lipinski definition) is 4. The predicted octanol–water partition coefficient (Wildman–Crippen LogP) is 3.04. The molecule has 2 heterocycles. The number of thiazole rings is 1. The van der Waals surface area contributed by atoms with Gasteiger partial charge in [0.25, 0.3) is 5.91 Å². The first-order chi connectivity index (χ1) is 9.61. The van der Waals surface area contributed by atoms with Gasteiger partial charge in [0.15, 0.2) is 5.13 Å². The molecule has 4 nitrogen and oxygen atoms in total. The Labute approximate surface area is 126 Å². The maximum absolute atomic E-state index is 12.1. The maximum Gasteiger partial charge on any atom is 0.257 e. The average Bonchev–Trinajstić information content (AvgIpc) is 2.80. The lowest BCUT2D eigenvalue weighted by Gasteiger charge is -2.20. The Balaban J connectivity index is 1.77. The summed E-state index contributed by atoms with van der Waals surface area (Å²) in [4.78, 5) is 20.1. The zero-order valence-electron chi connectivity index (χ0n) is 11.0. The number of nitrogens with zero attached hydrogens (tertiary/aromatic N) is 2. The van der Waals surface area contributed by atoms with Crippen molar-refractivity contribution in [3.05, 3.63) is 45.4 Å². The average molecular weight is 308 g/mol. The number of likely N-dealkylation sites (N-methyl/N-ethyl adjacent to an activating group) is 1. The fourth-order valence-electron chi connectivity index (χ4n) is 2.18. The van der Waals surface area contributed by atoms with E-state index in [1.807, 2.05) is 0 Å². The molecule has 0 fully saturated rings. The van der Waals surface area contributed by atoms with Crippen LogP contribution in [0.15, 0.2) is 24.3 Å². The van der Waals surface area contributed by atoms with Gasteiger partial charge in [-0.15, -0.1) is 11.3 Å². The number of carbonyl (C=O) groups excluding carboxylic acids is 1. The molecule has 1 aromatic carbocycles. The second kappa shape index (κ2) is 5.52. The van der Waals surface area contributed by atoms with Gasteiger partial charge in [-0.2, -0.15) is 0 Å². The topological polar surface area (TPSA) is 45.2 Å². The van der Waals surface area contributed by atoms with Crippen LogP contribution in [-0.4, -0.2) is 29.4 Å². The van der Waals surface area contributed by atoms with Crippen LogP contribution in [0.2, 0.25) is 5.02 Å². The standard InChI is InChI=1S/C14H14ClN3OS/c1-18-6-5-11-12(8-18)20-14(16-11)17-13(19)9-3-2-4-10(15)7-9/h2-4,7H,5-6,8H2,1H3,(H,16,17,19). The van der Waals surface area contributed by atoms with Crippen molar-refractivity contribution in [1.82, 2.24) is 9.88 Å². The number of halogens is 1. The fraction of sp³-hybridized carbons (Fsp3) is 0.286. The molecule has 0 saturated heterocycles. The van der Waals surface area contributed by atoms with E-state index in [1.54, 1.807) is 35.6 Å². The van der Waals surface area contributed by atoms with Gasteiger partial charge in [-0.1, -0.05) is 17.7 Å². The molecule has 20 heavy (non-hydrogen) atoms. The smallest absolute Gasteiger partial charge is 0.257 e. The largest absolute Gasteiger partial charge is 0.301 e. The Bertz CT molecular complexity index is 656. The van der Waals surface area contributed by atoms with Crippen molar-refractivity contribution in [3.63, 3.8) is 0 Å². The number of nitrogens with one attached hydrogen (secondary N) is 1. The minimum absolute atomic E-state index is 0.174. The Kier molecular flexibility index (Phi) is 3.74. The molecule has 0 saturated carbocycles. The first-order valence-corrected chi connectivity index (χ1v) is 7.55. The molecular weight excluding hydrogens is 294 g/mol. The van der Waals surface area contributed by atoms with Gasteiger partial charge in [-0.25, -0.2) is 4.98 Å². The number of amides is 1. The van der Waals surface area contributed by atoms with Gasteiger partial charge in [0.05, 0.1) is 5.69 Å². The van der Waals surface area contributed by atoms with Gasteiger partial charge in [0.2, 0.25) is 0 Å². The predicted molar refractivity (Wildman–Crippen MR) is 81.6 cm³/mol. The van der Waals surface area contributed by atoms with Crippen molar-refractivity contribution >= 4 is 34.0 Å². The number of carbonyl (C=O) groups is 1. The monoisotopic (exact) mass is 307 g/mol. The number of aromatic nitrogens is 1. The lowest BCUT2D eigenvalue weighted by molar-refractivity contribution is 0.102. The molecule has 1 aromatic heterocycles. The number of hydrogen-bond donors (Lipinski definition) is 1. The second-order valence-electron chi connectivity index (χ2n) is 4.84. The number of anilines is 1. The SMILES string of the molecule is CN1CCc2nc(NC(=O)c3cccc(Cl)c3)sc2C1. The lowest BCUT2D eigenvalue weighted by Crippen LogP contribution is -2.25. The first kappa shape index (κ1) is 13.5. The van der Waals surface area contributed by atoms with Crippen molar-refractivity contribution in [2.45, 2.75) is 13.0 Å². The fourth-order valence-corrected chi connectivity index (χ4v) is 3.45. The lowest BCUT2D eigenvalue weighted by atomic mass is 10.2. The van der Waals surface area contributed by atoms with E-state index >= 15 is 0 Å². The van der Waals surface area contributed by atoms with Crippen molar-refractivity contribution in [1.29, 1.82) is 0 Å².